The van der Waals surface area contributed by atoms with Gasteiger partial charge in [-0.1, -0.05) is 13.8 Å². The van der Waals surface area contributed by atoms with Crippen LogP contribution in [-0.2, 0) is 4.74 Å². The molecule has 29 heavy (non-hydrogen) atoms. The Kier molecular flexibility index (Phi) is 6.51. The molecule has 1 fully saturated rings. The number of methoxy groups -OCH3 is 2. The number of pyridine rings is 1. The molecule has 2 N–H and O–H groups in total. The zero-order valence-corrected chi connectivity index (χ0v) is 17.5. The molecule has 2 heterocycles. The van der Waals surface area contributed by atoms with Crippen molar-refractivity contribution in [3.05, 3.63) is 22.5 Å². The van der Waals surface area contributed by atoms with Gasteiger partial charge in [0.15, 0.2) is 11.5 Å². The number of hydrogen-bond acceptors (Lipinski definition) is 6. The highest BCUT2D eigenvalue weighted by Crippen LogP contribution is 2.38. The maximum Gasteiger partial charge on any atom is 0.411 e. The number of benzene rings is 1. The van der Waals surface area contributed by atoms with Gasteiger partial charge in [-0.3, -0.25) is 10.1 Å². The number of piperidine rings is 1. The molecule has 0 unspecified atom stereocenters. The van der Waals surface area contributed by atoms with Gasteiger partial charge < -0.3 is 24.1 Å². The van der Waals surface area contributed by atoms with Gasteiger partial charge in [0.1, 0.15) is 5.69 Å². The van der Waals surface area contributed by atoms with Crippen LogP contribution in [0.5, 0.6) is 11.5 Å². The molecule has 1 amide bonds. The summed E-state index contributed by atoms with van der Waals surface area (Å²) in [4.78, 5) is 30.4. The van der Waals surface area contributed by atoms with Crippen LogP contribution in [0.15, 0.2) is 16.9 Å². The Morgan fingerprint density at radius 3 is 2.41 bits per heavy atom. The Labute approximate surface area is 170 Å². The summed E-state index contributed by atoms with van der Waals surface area (Å²) >= 11 is 0. The number of nitrogens with one attached hydrogen (secondary N) is 2. The molecule has 1 aromatic carbocycles. The van der Waals surface area contributed by atoms with Crippen LogP contribution in [0.25, 0.3) is 10.9 Å². The Balaban J connectivity index is 2.14. The van der Waals surface area contributed by atoms with Gasteiger partial charge in [-0.25, -0.2) is 4.79 Å². The monoisotopic (exact) mass is 403 g/mol. The normalized spacial score (nSPS) is 14.2. The molecule has 0 spiro atoms. The number of carbonyl (C=O) groups excluding carboxylic acids is 1. The zero-order chi connectivity index (χ0) is 21.0. The van der Waals surface area contributed by atoms with Gasteiger partial charge in [0, 0.05) is 24.5 Å². The number of fused-ring (bicyclic) bond motifs is 1. The Morgan fingerprint density at radius 1 is 1.14 bits per heavy atom. The number of amides is 1. The molecule has 1 aliphatic rings. The highest BCUT2D eigenvalue weighted by molar-refractivity contribution is 6.05. The molecule has 0 saturated carbocycles. The van der Waals surface area contributed by atoms with Crippen LogP contribution in [0.1, 0.15) is 33.1 Å². The van der Waals surface area contributed by atoms with Crippen molar-refractivity contribution < 1.29 is 19.0 Å². The number of aromatic nitrogens is 1. The van der Waals surface area contributed by atoms with E-state index in [1.807, 2.05) is 18.7 Å². The molecule has 1 saturated heterocycles. The lowest BCUT2D eigenvalue weighted by Gasteiger charge is -2.30. The van der Waals surface area contributed by atoms with Crippen LogP contribution in [0.4, 0.5) is 16.2 Å². The first-order valence-corrected chi connectivity index (χ1v) is 9.95. The van der Waals surface area contributed by atoms with Gasteiger partial charge in [-0.05, 0) is 31.2 Å². The first-order chi connectivity index (χ1) is 13.9. The minimum absolute atomic E-state index is 0.211. The lowest BCUT2D eigenvalue weighted by Crippen LogP contribution is -2.35. The van der Waals surface area contributed by atoms with E-state index in [9.17, 15) is 9.59 Å². The Hall–Kier alpha value is -2.90. The molecule has 158 valence electrons. The van der Waals surface area contributed by atoms with E-state index in [2.05, 4.69) is 10.3 Å². The summed E-state index contributed by atoms with van der Waals surface area (Å²) in [6.45, 7) is 5.75. The average Bonchev–Trinajstić information content (AvgIpc) is 2.72. The summed E-state index contributed by atoms with van der Waals surface area (Å²) in [5, 5.41) is 3.47. The summed E-state index contributed by atoms with van der Waals surface area (Å²) in [5.41, 5.74) is 1.17. The van der Waals surface area contributed by atoms with Crippen molar-refractivity contribution in [2.75, 3.05) is 44.1 Å². The minimum Gasteiger partial charge on any atom is -0.493 e. The van der Waals surface area contributed by atoms with E-state index in [1.165, 1.54) is 7.11 Å². The second-order valence-corrected chi connectivity index (χ2v) is 7.60. The van der Waals surface area contributed by atoms with E-state index in [1.54, 1.807) is 19.2 Å². The molecule has 3 rings (SSSR count). The second-order valence-electron chi connectivity index (χ2n) is 7.60. The van der Waals surface area contributed by atoms with E-state index in [4.69, 9.17) is 14.2 Å². The number of nitrogens with zero attached hydrogens (tertiary/aromatic N) is 1. The number of ether oxygens (including phenoxy) is 3. The first kappa shape index (κ1) is 20.8. The molecule has 1 aromatic heterocycles. The maximum atomic E-state index is 13.0. The summed E-state index contributed by atoms with van der Waals surface area (Å²) < 4.78 is 16.1. The van der Waals surface area contributed by atoms with Gasteiger partial charge in [0.2, 0.25) is 0 Å². The topological polar surface area (TPSA) is 92.9 Å². The molecular weight excluding hydrogens is 374 g/mol. The number of rotatable bonds is 6. The Morgan fingerprint density at radius 2 is 1.79 bits per heavy atom. The molecule has 8 heteroatoms. The number of anilines is 2. The summed E-state index contributed by atoms with van der Waals surface area (Å²) in [7, 11) is 3.08. The minimum atomic E-state index is -0.585. The molecule has 1 aliphatic heterocycles. The lowest BCUT2D eigenvalue weighted by atomic mass is 10.1. The third-order valence-electron chi connectivity index (χ3n) is 4.94. The average molecular weight is 403 g/mol. The molecule has 2 aromatic rings. The molecule has 0 bridgehead atoms. The summed E-state index contributed by atoms with van der Waals surface area (Å²) in [5.74, 6) is 1.22. The predicted octanol–water partition coefficient (Wildman–Crippen LogP) is 3.74. The quantitative estimate of drug-likeness (QED) is 0.763. The number of aromatic amines is 1. The van der Waals surface area contributed by atoms with E-state index < -0.39 is 6.09 Å². The van der Waals surface area contributed by atoms with Crippen molar-refractivity contribution >= 4 is 28.4 Å². The van der Waals surface area contributed by atoms with Gasteiger partial charge in [-0.2, -0.15) is 0 Å². The SMILES string of the molecule is COc1cc2[nH]c(=O)c(N3CCCCC3)c(NC(=O)OCC(C)C)c2cc1OC. The summed E-state index contributed by atoms with van der Waals surface area (Å²) in [6, 6.07) is 3.45. The van der Waals surface area contributed by atoms with Crippen molar-refractivity contribution in [3.63, 3.8) is 0 Å². The van der Waals surface area contributed by atoms with E-state index in [-0.39, 0.29) is 11.5 Å². The number of hydrogen-bond donors (Lipinski definition) is 2. The van der Waals surface area contributed by atoms with Crippen LogP contribution >= 0.6 is 0 Å². The standard InChI is InChI=1S/C21H29N3O5/c1-13(2)12-29-21(26)23-18-14-10-16(27-3)17(28-4)11-15(14)22-20(25)19(18)24-8-6-5-7-9-24/h10-11,13H,5-9,12H2,1-4H3,(H2,22,23,25,26). The highest BCUT2D eigenvalue weighted by Gasteiger charge is 2.23. The van der Waals surface area contributed by atoms with Crippen LogP contribution in [0.3, 0.4) is 0 Å². The number of carbonyl (C=O) groups is 1. The number of H-pyrrole nitrogens is 1. The van der Waals surface area contributed by atoms with Crippen molar-refractivity contribution in [3.8, 4) is 11.5 Å². The lowest BCUT2D eigenvalue weighted by molar-refractivity contribution is 0.147. The van der Waals surface area contributed by atoms with Gasteiger partial charge >= 0.3 is 6.09 Å². The molecule has 0 radical (unpaired) electrons. The zero-order valence-electron chi connectivity index (χ0n) is 17.5. The summed E-state index contributed by atoms with van der Waals surface area (Å²) in [6.07, 6.45) is 2.55. The predicted molar refractivity (Wildman–Crippen MR) is 114 cm³/mol. The maximum absolute atomic E-state index is 13.0. The second kappa shape index (κ2) is 9.07. The van der Waals surface area contributed by atoms with Gasteiger partial charge in [0.05, 0.1) is 32.0 Å². The van der Waals surface area contributed by atoms with Crippen LogP contribution < -0.4 is 25.2 Å². The van der Waals surface area contributed by atoms with Crippen molar-refractivity contribution in [2.45, 2.75) is 33.1 Å². The fraction of sp³-hybridized carbons (Fsp3) is 0.524. The van der Waals surface area contributed by atoms with Gasteiger partial charge in [0.25, 0.3) is 5.56 Å². The van der Waals surface area contributed by atoms with Crippen molar-refractivity contribution in [1.82, 2.24) is 4.98 Å². The smallest absolute Gasteiger partial charge is 0.411 e. The molecule has 0 aliphatic carbocycles. The third-order valence-corrected chi connectivity index (χ3v) is 4.94. The van der Waals surface area contributed by atoms with Crippen molar-refractivity contribution in [1.29, 1.82) is 0 Å². The fourth-order valence-electron chi connectivity index (χ4n) is 3.54. The van der Waals surface area contributed by atoms with E-state index >= 15 is 0 Å². The molecule has 0 atom stereocenters. The van der Waals surface area contributed by atoms with Crippen LogP contribution in [-0.4, -0.2) is 45.0 Å². The van der Waals surface area contributed by atoms with Crippen molar-refractivity contribution in [2.24, 2.45) is 5.92 Å². The Bertz CT molecular complexity index is 932. The molecule has 8 nitrogen and oxygen atoms in total. The largest absolute Gasteiger partial charge is 0.493 e. The van der Waals surface area contributed by atoms with Crippen LogP contribution in [0.2, 0.25) is 0 Å². The van der Waals surface area contributed by atoms with Gasteiger partial charge in [-0.15, -0.1) is 0 Å². The first-order valence-electron chi connectivity index (χ1n) is 9.95. The van der Waals surface area contributed by atoms with Crippen LogP contribution in [0, 0.1) is 5.92 Å². The fourth-order valence-corrected chi connectivity index (χ4v) is 3.54. The van der Waals surface area contributed by atoms with E-state index in [0.29, 0.717) is 40.4 Å². The third kappa shape index (κ3) is 4.58. The molecular formula is C21H29N3O5. The highest BCUT2D eigenvalue weighted by atomic mass is 16.5. The van der Waals surface area contributed by atoms with E-state index in [0.717, 1.165) is 32.4 Å².